The molecule has 0 atom stereocenters. The van der Waals surface area contributed by atoms with Crippen LogP contribution in [0.1, 0.15) is 5.56 Å². The number of halogens is 1. The van der Waals surface area contributed by atoms with Crippen molar-refractivity contribution in [3.63, 3.8) is 0 Å². The first-order valence-corrected chi connectivity index (χ1v) is 8.25. The highest BCUT2D eigenvalue weighted by Crippen LogP contribution is 2.36. The lowest BCUT2D eigenvalue weighted by Gasteiger charge is -2.25. The van der Waals surface area contributed by atoms with Crippen LogP contribution in [0.25, 0.3) is 0 Å². The maximum Gasteiger partial charge on any atom is 0.254 e. The Kier molecular flexibility index (Phi) is 7.72. The SMILES string of the molecule is C=CCOc1c(Cl)cc(/C=N/NC(=O)CN2CCOCC2)cc1OC. The van der Waals surface area contributed by atoms with Crippen LogP contribution in [0.5, 0.6) is 11.5 Å². The van der Waals surface area contributed by atoms with Gasteiger partial charge in [-0.3, -0.25) is 9.69 Å². The largest absolute Gasteiger partial charge is 0.493 e. The van der Waals surface area contributed by atoms with Crippen LogP contribution in [0.15, 0.2) is 29.9 Å². The molecule has 1 aromatic rings. The van der Waals surface area contributed by atoms with E-state index in [1.54, 1.807) is 18.2 Å². The lowest BCUT2D eigenvalue weighted by molar-refractivity contribution is -0.123. The molecule has 7 nitrogen and oxygen atoms in total. The van der Waals surface area contributed by atoms with E-state index in [1.165, 1.54) is 13.3 Å². The normalized spacial score (nSPS) is 15.1. The van der Waals surface area contributed by atoms with Gasteiger partial charge in [0.2, 0.25) is 0 Å². The van der Waals surface area contributed by atoms with Crippen molar-refractivity contribution in [1.82, 2.24) is 10.3 Å². The van der Waals surface area contributed by atoms with Crippen molar-refractivity contribution in [3.05, 3.63) is 35.4 Å². The molecule has 0 aliphatic carbocycles. The quantitative estimate of drug-likeness (QED) is 0.430. The summed E-state index contributed by atoms with van der Waals surface area (Å²) in [6, 6.07) is 3.40. The number of rotatable bonds is 8. The summed E-state index contributed by atoms with van der Waals surface area (Å²) in [6.45, 7) is 7.00. The molecule has 0 saturated carbocycles. The Morgan fingerprint density at radius 1 is 1.48 bits per heavy atom. The van der Waals surface area contributed by atoms with E-state index < -0.39 is 0 Å². The topological polar surface area (TPSA) is 72.4 Å². The highest BCUT2D eigenvalue weighted by Gasteiger charge is 2.14. The maximum absolute atomic E-state index is 11.9. The van der Waals surface area contributed by atoms with E-state index in [2.05, 4.69) is 17.1 Å². The van der Waals surface area contributed by atoms with Gasteiger partial charge in [0, 0.05) is 13.1 Å². The molecule has 1 aliphatic rings. The number of ether oxygens (including phenoxy) is 3. The molecule has 1 amide bonds. The van der Waals surface area contributed by atoms with Crippen LogP contribution in [0, 0.1) is 0 Å². The van der Waals surface area contributed by atoms with E-state index in [9.17, 15) is 4.79 Å². The van der Waals surface area contributed by atoms with Crippen LogP contribution in [-0.2, 0) is 9.53 Å². The average molecular weight is 368 g/mol. The number of hydrogen-bond acceptors (Lipinski definition) is 6. The molecule has 8 heteroatoms. The Balaban J connectivity index is 1.94. The molecular weight excluding hydrogens is 346 g/mol. The summed E-state index contributed by atoms with van der Waals surface area (Å²) in [6.07, 6.45) is 3.12. The summed E-state index contributed by atoms with van der Waals surface area (Å²) in [5.41, 5.74) is 3.18. The van der Waals surface area contributed by atoms with Crippen LogP contribution in [-0.4, -0.2) is 63.6 Å². The Hall–Kier alpha value is -2.09. The van der Waals surface area contributed by atoms with Crippen molar-refractivity contribution in [2.24, 2.45) is 5.10 Å². The smallest absolute Gasteiger partial charge is 0.254 e. The molecule has 25 heavy (non-hydrogen) atoms. The van der Waals surface area contributed by atoms with Gasteiger partial charge in [0.25, 0.3) is 5.91 Å². The number of hydrogen-bond donors (Lipinski definition) is 1. The Labute approximate surface area is 152 Å². The van der Waals surface area contributed by atoms with Gasteiger partial charge in [-0.05, 0) is 17.7 Å². The molecule has 0 spiro atoms. The van der Waals surface area contributed by atoms with Crippen molar-refractivity contribution in [3.8, 4) is 11.5 Å². The van der Waals surface area contributed by atoms with Gasteiger partial charge in [-0.15, -0.1) is 0 Å². The number of carbonyl (C=O) groups excluding carboxylic acids is 1. The molecule has 1 heterocycles. The second kappa shape index (κ2) is 10.0. The van der Waals surface area contributed by atoms with Crippen LogP contribution in [0.3, 0.4) is 0 Å². The molecular formula is C17H22ClN3O4. The summed E-state index contributed by atoms with van der Waals surface area (Å²) in [4.78, 5) is 13.9. The molecule has 0 bridgehead atoms. The first-order chi connectivity index (χ1) is 12.1. The standard InChI is InChI=1S/C17H22ClN3O4/c1-3-6-25-17-14(18)9-13(10-15(17)23-2)11-19-20-16(22)12-21-4-7-24-8-5-21/h3,9-11H,1,4-8,12H2,2H3,(H,20,22)/b19-11+. The fraction of sp³-hybridized carbons (Fsp3) is 0.412. The number of amides is 1. The zero-order valence-corrected chi connectivity index (χ0v) is 14.9. The molecule has 1 N–H and O–H groups in total. The highest BCUT2D eigenvalue weighted by molar-refractivity contribution is 6.32. The fourth-order valence-corrected chi connectivity index (χ4v) is 2.55. The van der Waals surface area contributed by atoms with E-state index in [4.69, 9.17) is 25.8 Å². The van der Waals surface area contributed by atoms with Crippen LogP contribution in [0.4, 0.5) is 0 Å². The molecule has 0 radical (unpaired) electrons. The maximum atomic E-state index is 11.9. The summed E-state index contributed by atoms with van der Waals surface area (Å²) in [7, 11) is 1.53. The highest BCUT2D eigenvalue weighted by atomic mass is 35.5. The van der Waals surface area contributed by atoms with E-state index in [0.717, 1.165) is 13.1 Å². The molecule has 136 valence electrons. The van der Waals surface area contributed by atoms with E-state index in [-0.39, 0.29) is 5.91 Å². The minimum absolute atomic E-state index is 0.179. The summed E-state index contributed by atoms with van der Waals surface area (Å²) in [5, 5.41) is 4.35. The second-order valence-electron chi connectivity index (χ2n) is 5.32. The monoisotopic (exact) mass is 367 g/mol. The van der Waals surface area contributed by atoms with Crippen molar-refractivity contribution in [2.45, 2.75) is 0 Å². The predicted molar refractivity (Wildman–Crippen MR) is 96.7 cm³/mol. The summed E-state index contributed by atoms with van der Waals surface area (Å²) >= 11 is 6.21. The number of carbonyl (C=O) groups is 1. The van der Waals surface area contributed by atoms with Crippen molar-refractivity contribution in [2.75, 3.05) is 46.6 Å². The number of methoxy groups -OCH3 is 1. The van der Waals surface area contributed by atoms with E-state index in [0.29, 0.717) is 48.5 Å². The third kappa shape index (κ3) is 6.04. The lowest BCUT2D eigenvalue weighted by Crippen LogP contribution is -2.42. The Bertz CT molecular complexity index is 631. The Morgan fingerprint density at radius 2 is 2.24 bits per heavy atom. The van der Waals surface area contributed by atoms with Gasteiger partial charge < -0.3 is 14.2 Å². The molecule has 1 fully saturated rings. The minimum Gasteiger partial charge on any atom is -0.493 e. The van der Waals surface area contributed by atoms with Gasteiger partial charge in [0.15, 0.2) is 11.5 Å². The molecule has 2 rings (SSSR count). The first kappa shape index (κ1) is 19.2. The average Bonchev–Trinajstić information content (AvgIpc) is 2.61. The molecule has 1 saturated heterocycles. The van der Waals surface area contributed by atoms with Gasteiger partial charge in [-0.1, -0.05) is 24.3 Å². The zero-order chi connectivity index (χ0) is 18.1. The molecule has 0 aromatic heterocycles. The number of nitrogens with zero attached hydrogens (tertiary/aromatic N) is 2. The minimum atomic E-state index is -0.179. The van der Waals surface area contributed by atoms with Crippen molar-refractivity contribution in [1.29, 1.82) is 0 Å². The van der Waals surface area contributed by atoms with E-state index in [1.807, 2.05) is 4.90 Å². The van der Waals surface area contributed by atoms with Gasteiger partial charge >= 0.3 is 0 Å². The summed E-state index contributed by atoms with van der Waals surface area (Å²) < 4.78 is 16.0. The van der Waals surface area contributed by atoms with Gasteiger partial charge in [-0.2, -0.15) is 5.10 Å². The van der Waals surface area contributed by atoms with E-state index >= 15 is 0 Å². The van der Waals surface area contributed by atoms with Crippen LogP contribution in [0.2, 0.25) is 5.02 Å². The predicted octanol–water partition coefficient (Wildman–Crippen LogP) is 1.70. The first-order valence-electron chi connectivity index (χ1n) is 7.87. The number of nitrogens with one attached hydrogen (secondary N) is 1. The second-order valence-corrected chi connectivity index (χ2v) is 5.72. The van der Waals surface area contributed by atoms with Crippen LogP contribution < -0.4 is 14.9 Å². The van der Waals surface area contributed by atoms with Crippen LogP contribution >= 0.6 is 11.6 Å². The molecule has 0 unspecified atom stereocenters. The molecule has 1 aliphatic heterocycles. The van der Waals surface area contributed by atoms with Gasteiger partial charge in [0.1, 0.15) is 6.61 Å². The third-order valence-corrected chi connectivity index (χ3v) is 3.75. The summed E-state index contributed by atoms with van der Waals surface area (Å²) in [5.74, 6) is 0.746. The van der Waals surface area contributed by atoms with Gasteiger partial charge in [0.05, 0.1) is 38.1 Å². The lowest BCUT2D eigenvalue weighted by atomic mass is 10.2. The van der Waals surface area contributed by atoms with Gasteiger partial charge in [-0.25, -0.2) is 5.43 Å². The van der Waals surface area contributed by atoms with Crippen molar-refractivity contribution < 1.29 is 19.0 Å². The van der Waals surface area contributed by atoms with Crippen molar-refractivity contribution >= 4 is 23.7 Å². The zero-order valence-electron chi connectivity index (χ0n) is 14.2. The molecule has 1 aromatic carbocycles. The third-order valence-electron chi connectivity index (χ3n) is 3.47. The fourth-order valence-electron chi connectivity index (χ4n) is 2.27. The number of morpholine rings is 1. The number of benzene rings is 1. The Morgan fingerprint density at radius 3 is 2.92 bits per heavy atom. The number of hydrazone groups is 1.